The van der Waals surface area contributed by atoms with Gasteiger partial charge in [0, 0.05) is 0 Å². The Morgan fingerprint density at radius 2 is 2.55 bits per heavy atom. The van der Waals surface area contributed by atoms with Crippen LogP contribution in [-0.4, -0.2) is 12.5 Å². The first-order valence-electron chi connectivity index (χ1n) is 3.49. The molecule has 0 aromatic carbocycles. The van der Waals surface area contributed by atoms with Crippen molar-refractivity contribution in [1.29, 1.82) is 0 Å². The molecule has 3 heteroatoms. The largest absolute Gasteiger partial charge is 0.497 e. The highest BCUT2D eigenvalue weighted by Gasteiger charge is 2.13. The summed E-state index contributed by atoms with van der Waals surface area (Å²) in [6, 6.07) is 0. The van der Waals surface area contributed by atoms with E-state index >= 15 is 0 Å². The summed E-state index contributed by atoms with van der Waals surface area (Å²) in [5.41, 5.74) is 6.05. The first-order valence-corrected chi connectivity index (χ1v) is 3.49. The van der Waals surface area contributed by atoms with Crippen LogP contribution in [0.15, 0.2) is 24.0 Å². The van der Waals surface area contributed by atoms with E-state index in [4.69, 9.17) is 10.5 Å². The first kappa shape index (κ1) is 7.85. The molecule has 0 spiro atoms. The molecule has 0 saturated heterocycles. The Balaban J connectivity index is 2.66. The molecule has 1 aliphatic rings. The Kier molecular flexibility index (Phi) is 2.31. The van der Waals surface area contributed by atoms with E-state index in [-0.39, 0.29) is 11.8 Å². The van der Waals surface area contributed by atoms with Gasteiger partial charge in [0.25, 0.3) is 0 Å². The van der Waals surface area contributed by atoms with Crippen molar-refractivity contribution in [2.45, 2.75) is 6.92 Å². The number of allylic oxidation sites excluding steroid dienone is 1. The number of nitrogens with two attached hydrogens (primary N) is 1. The van der Waals surface area contributed by atoms with Gasteiger partial charge >= 0.3 is 0 Å². The van der Waals surface area contributed by atoms with E-state index in [0.717, 1.165) is 5.57 Å². The van der Waals surface area contributed by atoms with E-state index in [2.05, 4.69) is 0 Å². The lowest BCUT2D eigenvalue weighted by Gasteiger charge is -2.11. The molecule has 0 radical (unpaired) electrons. The Morgan fingerprint density at radius 1 is 1.82 bits per heavy atom. The molecule has 0 bridgehead atoms. The van der Waals surface area contributed by atoms with Gasteiger partial charge in [0.15, 0.2) is 0 Å². The van der Waals surface area contributed by atoms with Crippen molar-refractivity contribution in [3.05, 3.63) is 24.0 Å². The van der Waals surface area contributed by atoms with Crippen molar-refractivity contribution in [3.63, 3.8) is 0 Å². The number of ether oxygens (including phenoxy) is 1. The molecule has 1 atom stereocenters. The topological polar surface area (TPSA) is 52.3 Å². The molecule has 60 valence electrons. The maximum atomic E-state index is 10.7. The third kappa shape index (κ3) is 1.83. The molecule has 2 N–H and O–H groups in total. The van der Waals surface area contributed by atoms with Gasteiger partial charge in [-0.2, -0.15) is 0 Å². The summed E-state index contributed by atoms with van der Waals surface area (Å²) in [7, 11) is 0. The van der Waals surface area contributed by atoms with Crippen LogP contribution in [0.5, 0.6) is 0 Å². The van der Waals surface area contributed by atoms with Gasteiger partial charge in [-0.1, -0.05) is 0 Å². The Bertz CT molecular complexity index is 218. The summed E-state index contributed by atoms with van der Waals surface area (Å²) in [6.07, 6.45) is 5.20. The Labute approximate surface area is 65.5 Å². The number of hydrogen-bond acceptors (Lipinski definition) is 2. The molecule has 1 amide bonds. The van der Waals surface area contributed by atoms with E-state index in [1.54, 1.807) is 19.3 Å². The second kappa shape index (κ2) is 3.23. The summed E-state index contributed by atoms with van der Waals surface area (Å²) in [6.45, 7) is 2.31. The van der Waals surface area contributed by atoms with E-state index in [1.165, 1.54) is 0 Å². The summed E-state index contributed by atoms with van der Waals surface area (Å²) in [5.74, 6) is -0.516. The molecule has 0 aromatic heterocycles. The number of rotatable bonds is 2. The highest BCUT2D eigenvalue weighted by atomic mass is 16.5. The molecule has 0 fully saturated rings. The number of primary amides is 1. The van der Waals surface area contributed by atoms with Crippen LogP contribution in [-0.2, 0) is 9.53 Å². The van der Waals surface area contributed by atoms with Crippen molar-refractivity contribution < 1.29 is 9.53 Å². The van der Waals surface area contributed by atoms with Crippen molar-refractivity contribution in [1.82, 2.24) is 0 Å². The van der Waals surface area contributed by atoms with Gasteiger partial charge in [-0.05, 0) is 24.6 Å². The minimum atomic E-state index is -0.303. The van der Waals surface area contributed by atoms with Gasteiger partial charge in [0.2, 0.25) is 5.91 Å². The molecule has 1 heterocycles. The van der Waals surface area contributed by atoms with Gasteiger partial charge in [0.1, 0.15) is 6.61 Å². The molecular formula is C8H11NO2. The van der Waals surface area contributed by atoms with E-state index in [0.29, 0.717) is 6.61 Å². The minimum Gasteiger partial charge on any atom is -0.497 e. The van der Waals surface area contributed by atoms with E-state index in [1.807, 2.05) is 6.08 Å². The quantitative estimate of drug-likeness (QED) is 0.630. The molecule has 1 aliphatic heterocycles. The van der Waals surface area contributed by atoms with Crippen molar-refractivity contribution in [3.8, 4) is 0 Å². The van der Waals surface area contributed by atoms with Crippen molar-refractivity contribution in [2.24, 2.45) is 11.7 Å². The molecule has 11 heavy (non-hydrogen) atoms. The van der Waals surface area contributed by atoms with Gasteiger partial charge in [-0.25, -0.2) is 0 Å². The first-order chi connectivity index (χ1) is 5.22. The lowest BCUT2D eigenvalue weighted by molar-refractivity contribution is -0.120. The fraction of sp³-hybridized carbons (Fsp3) is 0.375. The zero-order valence-corrected chi connectivity index (χ0v) is 6.41. The summed E-state index contributed by atoms with van der Waals surface area (Å²) in [4.78, 5) is 10.7. The van der Waals surface area contributed by atoms with Crippen molar-refractivity contribution >= 4 is 5.91 Å². The average molecular weight is 153 g/mol. The summed E-state index contributed by atoms with van der Waals surface area (Å²) in [5, 5.41) is 0. The zero-order chi connectivity index (χ0) is 8.27. The second-order valence-corrected chi connectivity index (χ2v) is 2.46. The van der Waals surface area contributed by atoms with Gasteiger partial charge in [0.05, 0.1) is 12.2 Å². The molecule has 3 nitrogen and oxygen atoms in total. The Hall–Kier alpha value is -1.25. The summed E-state index contributed by atoms with van der Waals surface area (Å²) >= 11 is 0. The van der Waals surface area contributed by atoms with Crippen LogP contribution in [0.25, 0.3) is 0 Å². The second-order valence-electron chi connectivity index (χ2n) is 2.46. The molecular weight excluding hydrogens is 142 g/mol. The molecule has 0 aliphatic carbocycles. The van der Waals surface area contributed by atoms with Crippen LogP contribution in [0.2, 0.25) is 0 Å². The number of carbonyl (C=O) groups excluding carboxylic acids is 1. The minimum absolute atomic E-state index is 0.213. The normalized spacial score (nSPS) is 18.5. The van der Waals surface area contributed by atoms with Crippen LogP contribution in [0.3, 0.4) is 0 Å². The Morgan fingerprint density at radius 3 is 3.00 bits per heavy atom. The van der Waals surface area contributed by atoms with Gasteiger partial charge in [-0.15, -0.1) is 0 Å². The fourth-order valence-corrected chi connectivity index (χ4v) is 0.880. The SMILES string of the molecule is CC(C(N)=O)C1=CCOC=C1. The van der Waals surface area contributed by atoms with Crippen LogP contribution < -0.4 is 5.73 Å². The van der Waals surface area contributed by atoms with Crippen LogP contribution >= 0.6 is 0 Å². The highest BCUT2D eigenvalue weighted by molar-refractivity contribution is 5.80. The number of amides is 1. The standard InChI is InChI=1S/C8H11NO2/c1-6(8(9)10)7-2-4-11-5-3-7/h2-4,6H,5H2,1H3,(H2,9,10). The molecule has 0 aromatic rings. The van der Waals surface area contributed by atoms with E-state index in [9.17, 15) is 4.79 Å². The van der Waals surface area contributed by atoms with Crippen molar-refractivity contribution in [2.75, 3.05) is 6.61 Å². The maximum Gasteiger partial charge on any atom is 0.224 e. The third-order valence-corrected chi connectivity index (χ3v) is 1.70. The smallest absolute Gasteiger partial charge is 0.224 e. The summed E-state index contributed by atoms with van der Waals surface area (Å²) < 4.78 is 4.92. The maximum absolute atomic E-state index is 10.7. The number of hydrogen-bond donors (Lipinski definition) is 1. The lowest BCUT2D eigenvalue weighted by Crippen LogP contribution is -2.22. The predicted molar refractivity (Wildman–Crippen MR) is 41.5 cm³/mol. The van der Waals surface area contributed by atoms with Crippen LogP contribution in [0.4, 0.5) is 0 Å². The van der Waals surface area contributed by atoms with Gasteiger partial charge in [-0.3, -0.25) is 4.79 Å². The van der Waals surface area contributed by atoms with Gasteiger partial charge < -0.3 is 10.5 Å². The third-order valence-electron chi connectivity index (χ3n) is 1.70. The van der Waals surface area contributed by atoms with E-state index < -0.39 is 0 Å². The zero-order valence-electron chi connectivity index (χ0n) is 6.41. The average Bonchev–Trinajstić information content (AvgIpc) is 2.05. The monoisotopic (exact) mass is 153 g/mol. The molecule has 0 saturated carbocycles. The highest BCUT2D eigenvalue weighted by Crippen LogP contribution is 2.13. The number of carbonyl (C=O) groups is 1. The lowest BCUT2D eigenvalue weighted by atomic mass is 10.00. The van der Waals surface area contributed by atoms with Crippen LogP contribution in [0.1, 0.15) is 6.92 Å². The molecule has 1 unspecified atom stereocenters. The fourth-order valence-electron chi connectivity index (χ4n) is 0.880. The predicted octanol–water partition coefficient (Wildman–Crippen LogP) is 0.578. The molecule has 1 rings (SSSR count). The van der Waals surface area contributed by atoms with Crippen LogP contribution in [0, 0.1) is 5.92 Å².